The minimum absolute atomic E-state index is 0.240. The summed E-state index contributed by atoms with van der Waals surface area (Å²) in [5.41, 5.74) is 8.23. The summed E-state index contributed by atoms with van der Waals surface area (Å²) in [4.78, 5) is 0. The minimum Gasteiger partial charge on any atom is -0.324 e. The van der Waals surface area contributed by atoms with Crippen molar-refractivity contribution in [1.29, 1.82) is 0 Å². The fourth-order valence-electron chi connectivity index (χ4n) is 1.50. The molecule has 1 aromatic heterocycles. The molecule has 1 unspecified atom stereocenters. The molecule has 2 rings (SSSR count). The molecule has 1 heterocycles. The minimum atomic E-state index is 0.240. The van der Waals surface area contributed by atoms with Crippen molar-refractivity contribution in [3.8, 4) is 0 Å². The number of nitrogens with two attached hydrogens (primary N) is 1. The molecule has 0 spiro atoms. The molecular weight excluding hydrogens is 126 g/mol. The summed E-state index contributed by atoms with van der Waals surface area (Å²) >= 11 is 0. The van der Waals surface area contributed by atoms with Gasteiger partial charge in [-0.2, -0.15) is 5.10 Å². The van der Waals surface area contributed by atoms with Crippen LogP contribution < -0.4 is 5.73 Å². The highest BCUT2D eigenvalue weighted by Crippen LogP contribution is 2.27. The number of hydrogen-bond acceptors (Lipinski definition) is 2. The molecule has 3 nitrogen and oxygen atoms in total. The summed E-state index contributed by atoms with van der Waals surface area (Å²) in [6, 6.07) is 0.240. The molecule has 1 aliphatic rings. The van der Waals surface area contributed by atoms with Crippen LogP contribution in [0.2, 0.25) is 0 Å². The molecule has 0 bridgehead atoms. The molecule has 0 aliphatic heterocycles. The number of rotatable bonds is 0. The summed E-state index contributed by atoms with van der Waals surface area (Å²) in [6.45, 7) is 0. The van der Waals surface area contributed by atoms with Crippen LogP contribution in [0.4, 0.5) is 0 Å². The lowest BCUT2D eigenvalue weighted by Gasteiger charge is -1.97. The van der Waals surface area contributed by atoms with E-state index in [9.17, 15) is 0 Å². The van der Waals surface area contributed by atoms with Crippen LogP contribution in [0.25, 0.3) is 0 Å². The van der Waals surface area contributed by atoms with E-state index in [1.807, 2.05) is 17.9 Å². The second kappa shape index (κ2) is 1.83. The average molecular weight is 137 g/mol. The van der Waals surface area contributed by atoms with E-state index in [0.717, 1.165) is 12.8 Å². The zero-order chi connectivity index (χ0) is 7.14. The fourth-order valence-corrected chi connectivity index (χ4v) is 1.50. The summed E-state index contributed by atoms with van der Waals surface area (Å²) in [5.74, 6) is 0. The van der Waals surface area contributed by atoms with Gasteiger partial charge in [0.15, 0.2) is 0 Å². The quantitative estimate of drug-likeness (QED) is 0.561. The van der Waals surface area contributed by atoms with Gasteiger partial charge in [-0.05, 0) is 12.8 Å². The third-order valence-electron chi connectivity index (χ3n) is 2.03. The molecule has 0 saturated carbocycles. The van der Waals surface area contributed by atoms with Crippen molar-refractivity contribution < 1.29 is 0 Å². The maximum Gasteiger partial charge on any atom is 0.0672 e. The van der Waals surface area contributed by atoms with E-state index in [4.69, 9.17) is 5.73 Å². The van der Waals surface area contributed by atoms with Gasteiger partial charge in [0.05, 0.1) is 5.69 Å². The maximum absolute atomic E-state index is 5.81. The Hall–Kier alpha value is -0.830. The lowest BCUT2D eigenvalue weighted by Crippen LogP contribution is -2.04. The second-order valence-electron chi connectivity index (χ2n) is 2.85. The Morgan fingerprint density at radius 3 is 3.30 bits per heavy atom. The SMILES string of the molecule is Cn1cc2c(n1)CCC2N. The van der Waals surface area contributed by atoms with E-state index in [1.165, 1.54) is 11.3 Å². The highest BCUT2D eigenvalue weighted by Gasteiger charge is 2.21. The van der Waals surface area contributed by atoms with Gasteiger partial charge in [0.1, 0.15) is 0 Å². The first-order chi connectivity index (χ1) is 4.77. The van der Waals surface area contributed by atoms with Crippen LogP contribution in [0.1, 0.15) is 23.7 Å². The fraction of sp³-hybridized carbons (Fsp3) is 0.571. The van der Waals surface area contributed by atoms with Crippen LogP contribution in [0.3, 0.4) is 0 Å². The van der Waals surface area contributed by atoms with E-state index in [0.29, 0.717) is 0 Å². The van der Waals surface area contributed by atoms with Gasteiger partial charge >= 0.3 is 0 Å². The topological polar surface area (TPSA) is 43.8 Å². The predicted octanol–water partition coefficient (Wildman–Crippen LogP) is 0.366. The number of nitrogens with zero attached hydrogens (tertiary/aromatic N) is 2. The standard InChI is InChI=1S/C7H11N3/c1-10-4-5-6(8)2-3-7(5)9-10/h4,6H,2-3,8H2,1H3. The molecule has 0 amide bonds. The van der Waals surface area contributed by atoms with Crippen molar-refractivity contribution in [3.05, 3.63) is 17.5 Å². The molecule has 0 fully saturated rings. The monoisotopic (exact) mass is 137 g/mol. The van der Waals surface area contributed by atoms with E-state index in [2.05, 4.69) is 5.10 Å². The van der Waals surface area contributed by atoms with Gasteiger partial charge in [0.25, 0.3) is 0 Å². The van der Waals surface area contributed by atoms with Gasteiger partial charge < -0.3 is 5.73 Å². The van der Waals surface area contributed by atoms with Crippen LogP contribution in [-0.4, -0.2) is 9.78 Å². The van der Waals surface area contributed by atoms with Crippen molar-refractivity contribution >= 4 is 0 Å². The number of aromatic nitrogens is 2. The highest BCUT2D eigenvalue weighted by molar-refractivity contribution is 5.25. The molecule has 1 aromatic rings. The molecule has 54 valence electrons. The van der Waals surface area contributed by atoms with Crippen LogP contribution in [0, 0.1) is 0 Å². The van der Waals surface area contributed by atoms with Crippen LogP contribution in [0.15, 0.2) is 6.20 Å². The summed E-state index contributed by atoms with van der Waals surface area (Å²) in [5, 5.41) is 4.28. The molecule has 1 aliphatic carbocycles. The van der Waals surface area contributed by atoms with Crippen molar-refractivity contribution in [1.82, 2.24) is 9.78 Å². The Morgan fingerprint density at radius 1 is 1.80 bits per heavy atom. The van der Waals surface area contributed by atoms with Gasteiger partial charge in [-0.25, -0.2) is 0 Å². The highest BCUT2D eigenvalue weighted by atomic mass is 15.3. The van der Waals surface area contributed by atoms with Crippen molar-refractivity contribution in [2.24, 2.45) is 12.8 Å². The second-order valence-corrected chi connectivity index (χ2v) is 2.85. The first kappa shape index (κ1) is 5.92. The van der Waals surface area contributed by atoms with Crippen molar-refractivity contribution in [2.75, 3.05) is 0 Å². The average Bonchev–Trinajstić information content (AvgIpc) is 2.35. The Balaban J connectivity index is 2.49. The summed E-state index contributed by atoms with van der Waals surface area (Å²) < 4.78 is 1.84. The molecule has 0 saturated heterocycles. The lowest BCUT2D eigenvalue weighted by atomic mass is 10.2. The normalized spacial score (nSPS) is 23.2. The van der Waals surface area contributed by atoms with Gasteiger partial charge in [-0.15, -0.1) is 0 Å². The summed E-state index contributed by atoms with van der Waals surface area (Å²) in [7, 11) is 1.94. The van der Waals surface area contributed by atoms with Crippen molar-refractivity contribution in [3.63, 3.8) is 0 Å². The Morgan fingerprint density at radius 2 is 2.60 bits per heavy atom. The third-order valence-corrected chi connectivity index (χ3v) is 2.03. The van der Waals surface area contributed by atoms with E-state index >= 15 is 0 Å². The van der Waals surface area contributed by atoms with Gasteiger partial charge in [0.2, 0.25) is 0 Å². The van der Waals surface area contributed by atoms with Crippen LogP contribution >= 0.6 is 0 Å². The molecule has 10 heavy (non-hydrogen) atoms. The van der Waals surface area contributed by atoms with Crippen molar-refractivity contribution in [2.45, 2.75) is 18.9 Å². The molecular formula is C7H11N3. The number of hydrogen-bond donors (Lipinski definition) is 1. The molecule has 3 heteroatoms. The maximum atomic E-state index is 5.81. The first-order valence-electron chi connectivity index (χ1n) is 3.55. The number of aryl methyl sites for hydroxylation is 2. The van der Waals surface area contributed by atoms with Crippen LogP contribution in [-0.2, 0) is 13.5 Å². The third kappa shape index (κ3) is 0.671. The summed E-state index contributed by atoms with van der Waals surface area (Å²) in [6.07, 6.45) is 4.14. The van der Waals surface area contributed by atoms with E-state index in [1.54, 1.807) is 0 Å². The number of fused-ring (bicyclic) bond motifs is 1. The molecule has 2 N–H and O–H groups in total. The van der Waals surface area contributed by atoms with Gasteiger partial charge in [-0.3, -0.25) is 4.68 Å². The Labute approximate surface area is 59.8 Å². The van der Waals surface area contributed by atoms with Crippen LogP contribution in [0.5, 0.6) is 0 Å². The lowest BCUT2D eigenvalue weighted by molar-refractivity contribution is 0.673. The van der Waals surface area contributed by atoms with E-state index < -0.39 is 0 Å². The molecule has 1 atom stereocenters. The van der Waals surface area contributed by atoms with Gasteiger partial charge in [-0.1, -0.05) is 0 Å². The van der Waals surface area contributed by atoms with Gasteiger partial charge in [0, 0.05) is 24.8 Å². The first-order valence-corrected chi connectivity index (χ1v) is 3.55. The zero-order valence-electron chi connectivity index (χ0n) is 6.04. The van der Waals surface area contributed by atoms with E-state index in [-0.39, 0.29) is 6.04 Å². The smallest absolute Gasteiger partial charge is 0.0672 e. The Kier molecular flexibility index (Phi) is 1.08. The molecule has 0 aromatic carbocycles. The predicted molar refractivity (Wildman–Crippen MR) is 38.5 cm³/mol. The largest absolute Gasteiger partial charge is 0.324 e. The Bertz CT molecular complexity index is 251. The zero-order valence-corrected chi connectivity index (χ0v) is 6.04. The molecule has 0 radical (unpaired) electrons.